The van der Waals surface area contributed by atoms with Crippen LogP contribution in [0.1, 0.15) is 39.2 Å². The van der Waals surface area contributed by atoms with Crippen LogP contribution in [0.2, 0.25) is 10.0 Å². The van der Waals surface area contributed by atoms with E-state index in [0.29, 0.717) is 53.0 Å². The number of aromatic nitrogens is 4. The van der Waals surface area contributed by atoms with Crippen LogP contribution in [0.5, 0.6) is 0 Å². The highest BCUT2D eigenvalue weighted by atomic mass is 35.5. The highest BCUT2D eigenvalue weighted by Gasteiger charge is 2.44. The third-order valence-electron chi connectivity index (χ3n) is 7.79. The summed E-state index contributed by atoms with van der Waals surface area (Å²) in [5, 5.41) is 4.48. The Labute approximate surface area is 255 Å². The minimum Gasteiger partial charge on any atom is -0.355 e. The number of nitrogens with zero attached hydrogens (tertiary/aromatic N) is 5. The molecule has 214 valence electrons. The van der Waals surface area contributed by atoms with Crippen molar-refractivity contribution in [2.45, 2.75) is 44.6 Å². The van der Waals surface area contributed by atoms with Gasteiger partial charge >= 0.3 is 0 Å². The molecule has 1 N–H and O–H groups in total. The summed E-state index contributed by atoms with van der Waals surface area (Å²) < 4.78 is 1.99. The maximum Gasteiger partial charge on any atom is 0.231 e. The van der Waals surface area contributed by atoms with Gasteiger partial charge in [0.1, 0.15) is 12.2 Å². The number of amides is 1. The summed E-state index contributed by atoms with van der Waals surface area (Å²) >= 11 is 12.9. The molecule has 1 fully saturated rings. The van der Waals surface area contributed by atoms with Gasteiger partial charge in [0.2, 0.25) is 5.91 Å². The van der Waals surface area contributed by atoms with E-state index < -0.39 is 5.41 Å². The van der Waals surface area contributed by atoms with Gasteiger partial charge in [-0.05, 0) is 75.6 Å². The largest absolute Gasteiger partial charge is 0.355 e. The molecular formula is C33H32Cl2N6O. The number of carbonyl (C=O) groups is 1. The quantitative estimate of drug-likeness (QED) is 0.231. The molecule has 0 aliphatic carbocycles. The Morgan fingerprint density at radius 3 is 2.21 bits per heavy atom. The van der Waals surface area contributed by atoms with Gasteiger partial charge in [0.05, 0.1) is 10.4 Å². The first-order valence-electron chi connectivity index (χ1n) is 14.0. The molecule has 0 radical (unpaired) electrons. The smallest absolute Gasteiger partial charge is 0.231 e. The number of hydrogen-bond acceptors (Lipinski definition) is 5. The maximum absolute atomic E-state index is 13.8. The van der Waals surface area contributed by atoms with E-state index in [9.17, 15) is 4.79 Å². The summed E-state index contributed by atoms with van der Waals surface area (Å²) in [6.07, 6.45) is 2.85. The summed E-state index contributed by atoms with van der Waals surface area (Å²) in [4.78, 5) is 30.5. The fourth-order valence-electron chi connectivity index (χ4n) is 5.73. The standard InChI is InChI=1S/C33H32Cl2N6O/c1-32(2,3)39-31(42)33(22-9-5-4-6-10-22)17-19-40(20-18-33)29-27-30(37-21-36-29)41(24-15-13-23(34)14-16-24)28(38-27)25-11-7-8-12-26(25)35/h4-16,21H,17-20H2,1-3H3,(H,39,42). The van der Waals surface area contributed by atoms with Gasteiger partial charge < -0.3 is 10.2 Å². The van der Waals surface area contributed by atoms with Crippen LogP contribution in [0, 0.1) is 0 Å². The average molecular weight is 600 g/mol. The number of hydrogen-bond donors (Lipinski definition) is 1. The maximum atomic E-state index is 13.8. The van der Waals surface area contributed by atoms with Crippen molar-refractivity contribution in [1.82, 2.24) is 24.8 Å². The molecule has 2 aromatic heterocycles. The van der Waals surface area contributed by atoms with Crippen LogP contribution in [0.15, 0.2) is 85.2 Å². The van der Waals surface area contributed by atoms with Crippen LogP contribution in [-0.4, -0.2) is 44.1 Å². The first-order valence-corrected chi connectivity index (χ1v) is 14.8. The Kier molecular flexibility index (Phi) is 7.41. The van der Waals surface area contributed by atoms with Gasteiger partial charge in [0.15, 0.2) is 17.0 Å². The number of carbonyl (C=O) groups excluding carboxylic acids is 1. The van der Waals surface area contributed by atoms with Crippen LogP contribution >= 0.6 is 23.2 Å². The molecule has 9 heteroatoms. The molecule has 1 aliphatic rings. The fourth-order valence-corrected chi connectivity index (χ4v) is 6.08. The molecular weight excluding hydrogens is 567 g/mol. The van der Waals surface area contributed by atoms with Crippen LogP contribution in [0.4, 0.5) is 5.82 Å². The van der Waals surface area contributed by atoms with E-state index >= 15 is 0 Å². The van der Waals surface area contributed by atoms with E-state index in [1.165, 1.54) is 0 Å². The van der Waals surface area contributed by atoms with Gasteiger partial charge in [-0.2, -0.15) is 0 Å². The highest BCUT2D eigenvalue weighted by molar-refractivity contribution is 6.33. The summed E-state index contributed by atoms with van der Waals surface area (Å²) in [6, 6.07) is 25.3. The summed E-state index contributed by atoms with van der Waals surface area (Å²) in [7, 11) is 0. The first-order chi connectivity index (χ1) is 20.2. The average Bonchev–Trinajstić information content (AvgIpc) is 3.37. The zero-order chi connectivity index (χ0) is 29.5. The van der Waals surface area contributed by atoms with Gasteiger partial charge in [-0.3, -0.25) is 9.36 Å². The number of rotatable bonds is 5. The fraction of sp³-hybridized carbons (Fsp3) is 0.273. The van der Waals surface area contributed by atoms with Gasteiger partial charge in [-0.1, -0.05) is 65.7 Å². The van der Waals surface area contributed by atoms with Crippen LogP contribution in [-0.2, 0) is 10.2 Å². The van der Waals surface area contributed by atoms with Gasteiger partial charge in [-0.25, -0.2) is 15.0 Å². The van der Waals surface area contributed by atoms with Crippen molar-refractivity contribution >= 4 is 46.1 Å². The number of fused-ring (bicyclic) bond motifs is 1. The Balaban J connectivity index is 1.42. The molecule has 3 heterocycles. The minimum atomic E-state index is -0.636. The molecule has 42 heavy (non-hydrogen) atoms. The molecule has 1 amide bonds. The van der Waals surface area contributed by atoms with E-state index in [4.69, 9.17) is 33.2 Å². The van der Waals surface area contributed by atoms with E-state index in [0.717, 1.165) is 22.6 Å². The molecule has 0 saturated carbocycles. The Morgan fingerprint density at radius 2 is 1.55 bits per heavy atom. The molecule has 1 aliphatic heterocycles. The van der Waals surface area contributed by atoms with Crippen molar-refractivity contribution in [2.24, 2.45) is 0 Å². The van der Waals surface area contributed by atoms with Crippen LogP contribution in [0.3, 0.4) is 0 Å². The number of imidazole rings is 1. The van der Waals surface area contributed by atoms with Gasteiger partial charge in [-0.15, -0.1) is 0 Å². The van der Waals surface area contributed by atoms with E-state index in [1.807, 2.05) is 92.1 Å². The topological polar surface area (TPSA) is 75.9 Å². The van der Waals surface area contributed by atoms with Crippen molar-refractivity contribution in [3.63, 3.8) is 0 Å². The lowest BCUT2D eigenvalue weighted by atomic mass is 9.71. The van der Waals surface area contributed by atoms with E-state index in [1.54, 1.807) is 6.33 Å². The predicted octanol–water partition coefficient (Wildman–Crippen LogP) is 7.24. The van der Waals surface area contributed by atoms with Crippen molar-refractivity contribution in [1.29, 1.82) is 0 Å². The molecule has 0 spiro atoms. The van der Waals surface area contributed by atoms with Gasteiger partial charge in [0.25, 0.3) is 0 Å². The molecule has 5 aromatic rings. The lowest BCUT2D eigenvalue weighted by Gasteiger charge is -2.42. The Hall–Kier alpha value is -3.94. The number of nitrogens with one attached hydrogen (secondary N) is 1. The normalized spacial score (nSPS) is 15.1. The molecule has 6 rings (SSSR count). The highest BCUT2D eigenvalue weighted by Crippen LogP contribution is 2.40. The van der Waals surface area contributed by atoms with Crippen molar-refractivity contribution in [3.8, 4) is 17.1 Å². The van der Waals surface area contributed by atoms with Crippen LogP contribution in [0.25, 0.3) is 28.2 Å². The number of anilines is 1. The number of halogens is 2. The van der Waals surface area contributed by atoms with Crippen molar-refractivity contribution in [3.05, 3.63) is 101 Å². The second kappa shape index (κ2) is 11.0. The lowest BCUT2D eigenvalue weighted by molar-refractivity contribution is -0.129. The van der Waals surface area contributed by atoms with Crippen LogP contribution < -0.4 is 10.2 Å². The Morgan fingerprint density at radius 1 is 0.881 bits per heavy atom. The summed E-state index contributed by atoms with van der Waals surface area (Å²) in [5.41, 5.74) is 3.06. The molecule has 7 nitrogen and oxygen atoms in total. The molecule has 0 bridgehead atoms. The van der Waals surface area contributed by atoms with E-state index in [2.05, 4.69) is 27.3 Å². The van der Waals surface area contributed by atoms with Crippen molar-refractivity contribution in [2.75, 3.05) is 18.0 Å². The second-order valence-electron chi connectivity index (χ2n) is 11.7. The second-order valence-corrected chi connectivity index (χ2v) is 12.6. The molecule has 0 unspecified atom stereocenters. The monoisotopic (exact) mass is 598 g/mol. The summed E-state index contributed by atoms with van der Waals surface area (Å²) in [6.45, 7) is 7.32. The molecule has 3 aromatic carbocycles. The third-order valence-corrected chi connectivity index (χ3v) is 8.37. The molecule has 1 saturated heterocycles. The zero-order valence-corrected chi connectivity index (χ0v) is 25.3. The van der Waals surface area contributed by atoms with E-state index in [-0.39, 0.29) is 11.4 Å². The predicted molar refractivity (Wildman–Crippen MR) is 170 cm³/mol. The number of piperidine rings is 1. The minimum absolute atomic E-state index is 0.0571. The lowest BCUT2D eigenvalue weighted by Crippen LogP contribution is -2.55. The zero-order valence-electron chi connectivity index (χ0n) is 23.8. The molecule has 0 atom stereocenters. The number of benzene rings is 3. The first kappa shape index (κ1) is 28.2. The third kappa shape index (κ3) is 5.23. The van der Waals surface area contributed by atoms with Gasteiger partial charge in [0, 0.05) is 34.9 Å². The summed E-state index contributed by atoms with van der Waals surface area (Å²) in [5.74, 6) is 1.46. The SMILES string of the molecule is CC(C)(C)NC(=O)C1(c2ccccc2)CCN(c2ncnc3c2nc(-c2ccccc2Cl)n3-c2ccc(Cl)cc2)CC1. The van der Waals surface area contributed by atoms with Crippen molar-refractivity contribution < 1.29 is 4.79 Å². The Bertz CT molecular complexity index is 1740.